The molecule has 1 aliphatic rings. The van der Waals surface area contributed by atoms with Crippen molar-refractivity contribution in [3.8, 4) is 5.75 Å². The van der Waals surface area contributed by atoms with Gasteiger partial charge in [0, 0.05) is 31.2 Å². The summed E-state index contributed by atoms with van der Waals surface area (Å²) >= 11 is 0. The minimum absolute atomic E-state index is 0.209. The van der Waals surface area contributed by atoms with Crippen LogP contribution in [0.25, 0.3) is 0 Å². The van der Waals surface area contributed by atoms with Gasteiger partial charge in [-0.3, -0.25) is 9.69 Å². The Balaban J connectivity index is 1.97. The number of rotatable bonds is 8. The first kappa shape index (κ1) is 21.5. The molecule has 1 unspecified atom stereocenters. The van der Waals surface area contributed by atoms with Crippen molar-refractivity contribution < 1.29 is 27.4 Å². The summed E-state index contributed by atoms with van der Waals surface area (Å²) in [7, 11) is 0. The number of alkyl halides is 3. The molecule has 27 heavy (non-hydrogen) atoms. The molecule has 1 aromatic rings. The highest BCUT2D eigenvalue weighted by atomic mass is 19.4. The standard InChI is InChI=1S/C19H27F3N2O3/c1-3-14(4-2)17(24-9-11-26-12-10-24)13-23-18(25)15-5-7-16(8-6-15)27-19(20,21)22/h5-8,14,17H,3-4,9-13H2,1-2H3,(H,23,25). The molecule has 1 saturated heterocycles. The molecule has 2 rings (SSSR count). The second-order valence-corrected chi connectivity index (χ2v) is 6.57. The van der Waals surface area contributed by atoms with E-state index < -0.39 is 6.36 Å². The van der Waals surface area contributed by atoms with E-state index in [-0.39, 0.29) is 17.7 Å². The molecule has 0 saturated carbocycles. The van der Waals surface area contributed by atoms with E-state index in [0.717, 1.165) is 38.1 Å². The van der Waals surface area contributed by atoms with E-state index >= 15 is 0 Å². The predicted molar refractivity (Wildman–Crippen MR) is 95.7 cm³/mol. The van der Waals surface area contributed by atoms with Crippen LogP contribution in [-0.2, 0) is 4.74 Å². The van der Waals surface area contributed by atoms with Crippen LogP contribution in [0.5, 0.6) is 5.75 Å². The lowest BCUT2D eigenvalue weighted by Gasteiger charge is -2.38. The molecule has 1 heterocycles. The average molecular weight is 388 g/mol. The van der Waals surface area contributed by atoms with Gasteiger partial charge in [-0.15, -0.1) is 13.2 Å². The number of carbonyl (C=O) groups excluding carboxylic acids is 1. The highest BCUT2D eigenvalue weighted by Gasteiger charge is 2.31. The molecule has 152 valence electrons. The highest BCUT2D eigenvalue weighted by Crippen LogP contribution is 2.23. The van der Waals surface area contributed by atoms with Gasteiger partial charge in [-0.1, -0.05) is 26.7 Å². The molecule has 0 aromatic heterocycles. The van der Waals surface area contributed by atoms with Gasteiger partial charge >= 0.3 is 6.36 Å². The Morgan fingerprint density at radius 3 is 2.30 bits per heavy atom. The largest absolute Gasteiger partial charge is 0.573 e. The van der Waals surface area contributed by atoms with E-state index in [1.807, 2.05) is 0 Å². The van der Waals surface area contributed by atoms with E-state index in [1.165, 1.54) is 12.1 Å². The second kappa shape index (κ2) is 9.94. The van der Waals surface area contributed by atoms with Crippen LogP contribution in [0.1, 0.15) is 37.0 Å². The molecular weight excluding hydrogens is 361 g/mol. The van der Waals surface area contributed by atoms with Gasteiger partial charge in [-0.25, -0.2) is 0 Å². The van der Waals surface area contributed by atoms with Gasteiger partial charge in [0.1, 0.15) is 5.75 Å². The lowest BCUT2D eigenvalue weighted by molar-refractivity contribution is -0.274. The molecule has 8 heteroatoms. The summed E-state index contributed by atoms with van der Waals surface area (Å²) < 4.78 is 45.9. The third-order valence-electron chi connectivity index (χ3n) is 4.93. The smallest absolute Gasteiger partial charge is 0.406 e. The van der Waals surface area contributed by atoms with Crippen molar-refractivity contribution in [1.29, 1.82) is 0 Å². The molecule has 1 aromatic carbocycles. The van der Waals surface area contributed by atoms with Crippen molar-refractivity contribution in [1.82, 2.24) is 10.2 Å². The van der Waals surface area contributed by atoms with Crippen LogP contribution in [0, 0.1) is 5.92 Å². The molecule has 1 amide bonds. The van der Waals surface area contributed by atoms with E-state index in [4.69, 9.17) is 4.74 Å². The number of nitrogens with zero attached hydrogens (tertiary/aromatic N) is 1. The van der Waals surface area contributed by atoms with Crippen molar-refractivity contribution >= 4 is 5.91 Å². The third kappa shape index (κ3) is 6.70. The number of amides is 1. The molecule has 1 aliphatic heterocycles. The normalized spacial score (nSPS) is 17.0. The number of nitrogens with one attached hydrogen (secondary N) is 1. The Morgan fingerprint density at radius 2 is 1.78 bits per heavy atom. The van der Waals surface area contributed by atoms with Crippen molar-refractivity contribution in [2.45, 2.75) is 39.1 Å². The first-order valence-corrected chi connectivity index (χ1v) is 9.29. The fraction of sp³-hybridized carbons (Fsp3) is 0.632. The zero-order valence-electron chi connectivity index (χ0n) is 15.7. The fourth-order valence-corrected chi connectivity index (χ4v) is 3.44. The molecule has 0 radical (unpaired) electrons. The Bertz CT molecular complexity index is 583. The summed E-state index contributed by atoms with van der Waals surface area (Å²) in [4.78, 5) is 14.8. The summed E-state index contributed by atoms with van der Waals surface area (Å²) in [5.74, 6) is -0.203. The molecule has 0 spiro atoms. The lowest BCUT2D eigenvalue weighted by atomic mass is 9.92. The highest BCUT2D eigenvalue weighted by molar-refractivity contribution is 5.94. The van der Waals surface area contributed by atoms with Crippen molar-refractivity contribution in [2.75, 3.05) is 32.8 Å². The minimum Gasteiger partial charge on any atom is -0.406 e. The van der Waals surface area contributed by atoms with Crippen LogP contribution < -0.4 is 10.1 Å². The predicted octanol–water partition coefficient (Wildman–Crippen LogP) is 3.45. The van der Waals surface area contributed by atoms with Gasteiger partial charge in [-0.05, 0) is 30.2 Å². The maximum atomic E-state index is 12.4. The van der Waals surface area contributed by atoms with Crippen LogP contribution in [0.4, 0.5) is 13.2 Å². The number of halogens is 3. The molecule has 0 aliphatic carbocycles. The first-order valence-electron chi connectivity index (χ1n) is 9.29. The van der Waals surface area contributed by atoms with E-state index in [1.54, 1.807) is 0 Å². The number of hydrogen-bond donors (Lipinski definition) is 1. The monoisotopic (exact) mass is 388 g/mol. The summed E-state index contributed by atoms with van der Waals surface area (Å²) in [6.45, 7) is 7.81. The van der Waals surface area contributed by atoms with Crippen LogP contribution in [0.15, 0.2) is 24.3 Å². The summed E-state index contributed by atoms with van der Waals surface area (Å²) in [5.41, 5.74) is 0.301. The Labute approximate surface area is 157 Å². The van der Waals surface area contributed by atoms with Gasteiger partial charge < -0.3 is 14.8 Å². The van der Waals surface area contributed by atoms with Crippen molar-refractivity contribution in [3.63, 3.8) is 0 Å². The van der Waals surface area contributed by atoms with Crippen LogP contribution in [0.3, 0.4) is 0 Å². The van der Waals surface area contributed by atoms with Crippen LogP contribution in [0.2, 0.25) is 0 Å². The first-order chi connectivity index (χ1) is 12.8. The number of morpholine rings is 1. The second-order valence-electron chi connectivity index (χ2n) is 6.57. The van der Waals surface area contributed by atoms with Gasteiger partial charge in [0.15, 0.2) is 0 Å². The topological polar surface area (TPSA) is 50.8 Å². The van der Waals surface area contributed by atoms with Gasteiger partial charge in [-0.2, -0.15) is 0 Å². The third-order valence-corrected chi connectivity index (χ3v) is 4.93. The fourth-order valence-electron chi connectivity index (χ4n) is 3.44. The molecule has 1 fully saturated rings. The SMILES string of the molecule is CCC(CC)C(CNC(=O)c1ccc(OC(F)(F)F)cc1)N1CCOCC1. The molecule has 1 N–H and O–H groups in total. The maximum absolute atomic E-state index is 12.4. The number of ether oxygens (including phenoxy) is 2. The Hall–Kier alpha value is -1.80. The number of carbonyl (C=O) groups is 1. The van der Waals surface area contributed by atoms with E-state index in [0.29, 0.717) is 31.2 Å². The summed E-state index contributed by atoms with van der Waals surface area (Å²) in [6, 6.07) is 5.15. The number of hydrogen-bond acceptors (Lipinski definition) is 4. The zero-order chi connectivity index (χ0) is 19.9. The minimum atomic E-state index is -4.75. The molecule has 5 nitrogen and oxygen atoms in total. The van der Waals surface area contributed by atoms with Crippen LogP contribution >= 0.6 is 0 Å². The molecule has 0 bridgehead atoms. The summed E-state index contributed by atoms with van der Waals surface area (Å²) in [5, 5.41) is 2.93. The van der Waals surface area contributed by atoms with Crippen LogP contribution in [-0.4, -0.2) is 56.1 Å². The van der Waals surface area contributed by atoms with Crippen molar-refractivity contribution in [3.05, 3.63) is 29.8 Å². The quantitative estimate of drug-likeness (QED) is 0.741. The van der Waals surface area contributed by atoms with Gasteiger partial charge in [0.25, 0.3) is 5.91 Å². The average Bonchev–Trinajstić information content (AvgIpc) is 2.65. The molecule has 1 atom stereocenters. The van der Waals surface area contributed by atoms with Gasteiger partial charge in [0.2, 0.25) is 0 Å². The Kier molecular flexibility index (Phi) is 7.91. The van der Waals surface area contributed by atoms with E-state index in [2.05, 4.69) is 28.8 Å². The summed E-state index contributed by atoms with van der Waals surface area (Å²) in [6.07, 6.45) is -2.72. The van der Waals surface area contributed by atoms with E-state index in [9.17, 15) is 18.0 Å². The Morgan fingerprint density at radius 1 is 1.19 bits per heavy atom. The molecular formula is C19H27F3N2O3. The number of benzene rings is 1. The van der Waals surface area contributed by atoms with Crippen molar-refractivity contribution in [2.24, 2.45) is 5.92 Å². The lowest BCUT2D eigenvalue weighted by Crippen LogP contribution is -2.52. The zero-order valence-corrected chi connectivity index (χ0v) is 15.7. The van der Waals surface area contributed by atoms with Gasteiger partial charge in [0.05, 0.1) is 13.2 Å². The maximum Gasteiger partial charge on any atom is 0.573 e.